The van der Waals surface area contributed by atoms with Crippen molar-refractivity contribution in [3.63, 3.8) is 0 Å². The maximum absolute atomic E-state index is 12.0. The molecule has 0 radical (unpaired) electrons. The highest BCUT2D eigenvalue weighted by atomic mass is 79.9. The Morgan fingerprint density at radius 2 is 1.90 bits per heavy atom. The molecule has 0 saturated heterocycles. The predicted molar refractivity (Wildman–Crippen MR) is 116 cm³/mol. The van der Waals surface area contributed by atoms with Gasteiger partial charge in [-0.2, -0.15) is 0 Å². The fraction of sp³-hybridized carbons (Fsp3) is 0.261. The molecule has 0 N–H and O–H groups in total. The number of rotatable bonds is 8. The predicted octanol–water partition coefficient (Wildman–Crippen LogP) is 5.30. The van der Waals surface area contributed by atoms with Crippen LogP contribution in [0.3, 0.4) is 0 Å². The minimum atomic E-state index is -0.357. The smallest absolute Gasteiger partial charge is 0.338 e. The van der Waals surface area contributed by atoms with E-state index in [0.29, 0.717) is 22.4 Å². The number of ether oxygens (including phenoxy) is 1. The lowest BCUT2D eigenvalue weighted by Crippen LogP contribution is -2.09. The Balaban J connectivity index is 1.90. The number of aldehydes is 1. The van der Waals surface area contributed by atoms with E-state index in [9.17, 15) is 9.59 Å². The number of methoxy groups -OCH3 is 1. The van der Waals surface area contributed by atoms with Crippen molar-refractivity contribution in [3.05, 3.63) is 75.8 Å². The Morgan fingerprint density at radius 3 is 2.55 bits per heavy atom. The second-order valence-electron chi connectivity index (χ2n) is 6.75. The average molecular weight is 455 g/mol. The van der Waals surface area contributed by atoms with Crippen molar-refractivity contribution in [1.29, 1.82) is 0 Å². The molecule has 0 fully saturated rings. The summed E-state index contributed by atoms with van der Waals surface area (Å²) >= 11 is 3.40. The van der Waals surface area contributed by atoms with Gasteiger partial charge >= 0.3 is 5.97 Å². The van der Waals surface area contributed by atoms with Crippen LogP contribution in [0.5, 0.6) is 0 Å². The zero-order valence-electron chi connectivity index (χ0n) is 16.5. The Hall–Kier alpha value is -2.73. The largest absolute Gasteiger partial charge is 0.465 e. The van der Waals surface area contributed by atoms with E-state index in [1.165, 1.54) is 7.11 Å². The first kappa shape index (κ1) is 21.0. The third-order valence-electron chi connectivity index (χ3n) is 4.84. The van der Waals surface area contributed by atoms with Gasteiger partial charge < -0.3 is 9.30 Å². The van der Waals surface area contributed by atoms with Gasteiger partial charge in [-0.1, -0.05) is 55.8 Å². The molecule has 6 heteroatoms. The molecule has 0 atom stereocenters. The lowest BCUT2D eigenvalue weighted by molar-refractivity contribution is 0.0601. The molecular formula is C23H23BrN2O3. The summed E-state index contributed by atoms with van der Waals surface area (Å²) in [4.78, 5) is 28.1. The monoisotopic (exact) mass is 454 g/mol. The van der Waals surface area contributed by atoms with Gasteiger partial charge in [0.1, 0.15) is 16.1 Å². The van der Waals surface area contributed by atoms with Gasteiger partial charge in [-0.25, -0.2) is 9.78 Å². The highest BCUT2D eigenvalue weighted by Gasteiger charge is 2.16. The van der Waals surface area contributed by atoms with Crippen molar-refractivity contribution in [3.8, 4) is 11.1 Å². The first-order chi connectivity index (χ1) is 14.1. The van der Waals surface area contributed by atoms with Crippen LogP contribution in [0.2, 0.25) is 0 Å². The van der Waals surface area contributed by atoms with Crippen molar-refractivity contribution in [2.45, 2.75) is 32.7 Å². The van der Waals surface area contributed by atoms with Crippen molar-refractivity contribution < 1.29 is 14.3 Å². The molecule has 0 amide bonds. The second-order valence-corrected chi connectivity index (χ2v) is 7.50. The number of nitrogens with zero attached hydrogens (tertiary/aromatic N) is 2. The van der Waals surface area contributed by atoms with Gasteiger partial charge in [-0.05, 0) is 45.1 Å². The quantitative estimate of drug-likeness (QED) is 0.342. The minimum absolute atomic E-state index is 0.357. The lowest BCUT2D eigenvalue weighted by Gasteiger charge is -2.11. The number of benzene rings is 2. The lowest BCUT2D eigenvalue weighted by atomic mass is 9.98. The van der Waals surface area contributed by atoms with Crippen molar-refractivity contribution in [1.82, 2.24) is 9.55 Å². The normalized spacial score (nSPS) is 10.7. The van der Waals surface area contributed by atoms with Gasteiger partial charge in [-0.3, -0.25) is 4.79 Å². The second kappa shape index (κ2) is 9.65. The van der Waals surface area contributed by atoms with Crippen molar-refractivity contribution >= 4 is 28.2 Å². The van der Waals surface area contributed by atoms with E-state index < -0.39 is 0 Å². The average Bonchev–Trinajstić information content (AvgIpc) is 3.06. The van der Waals surface area contributed by atoms with E-state index in [2.05, 4.69) is 27.8 Å². The highest BCUT2D eigenvalue weighted by Crippen LogP contribution is 2.26. The molecule has 1 heterocycles. The standard InChI is InChI=1S/C23H23BrN2O3/c1-3-4-9-21-25-22(24)20(15-27)26(21)14-16-10-12-17(13-11-16)18-7-5-6-8-19(18)23(28)29-2/h5-8,10-13,15H,3-4,9,14H2,1-2H3. The van der Waals surface area contributed by atoms with Crippen LogP contribution >= 0.6 is 15.9 Å². The fourth-order valence-electron chi connectivity index (χ4n) is 3.29. The maximum atomic E-state index is 12.0. The Labute approximate surface area is 178 Å². The Bertz CT molecular complexity index is 1010. The van der Waals surface area contributed by atoms with E-state index in [0.717, 1.165) is 48.1 Å². The Kier molecular flexibility index (Phi) is 6.99. The van der Waals surface area contributed by atoms with Crippen LogP contribution in [0, 0.1) is 0 Å². The van der Waals surface area contributed by atoms with E-state index >= 15 is 0 Å². The van der Waals surface area contributed by atoms with Gasteiger partial charge in [0, 0.05) is 13.0 Å². The zero-order chi connectivity index (χ0) is 20.8. The highest BCUT2D eigenvalue weighted by molar-refractivity contribution is 9.10. The third kappa shape index (κ3) is 4.65. The first-order valence-corrected chi connectivity index (χ1v) is 10.3. The summed E-state index contributed by atoms with van der Waals surface area (Å²) in [5.74, 6) is 0.546. The number of halogens is 1. The molecule has 3 aromatic rings. The molecule has 1 aromatic heterocycles. The topological polar surface area (TPSA) is 61.2 Å². The van der Waals surface area contributed by atoms with Gasteiger partial charge in [-0.15, -0.1) is 0 Å². The van der Waals surface area contributed by atoms with E-state index in [-0.39, 0.29) is 5.97 Å². The summed E-state index contributed by atoms with van der Waals surface area (Å²) in [7, 11) is 1.38. The van der Waals surface area contributed by atoms with E-state index in [1.54, 1.807) is 6.07 Å². The van der Waals surface area contributed by atoms with Crippen LogP contribution in [0.15, 0.2) is 53.1 Å². The Morgan fingerprint density at radius 1 is 1.17 bits per heavy atom. The van der Waals surface area contributed by atoms with Crippen molar-refractivity contribution in [2.24, 2.45) is 0 Å². The number of carbonyl (C=O) groups is 2. The molecule has 150 valence electrons. The van der Waals surface area contributed by atoms with Crippen molar-refractivity contribution in [2.75, 3.05) is 7.11 Å². The number of unbranched alkanes of at least 4 members (excludes halogenated alkanes) is 1. The molecule has 5 nitrogen and oxygen atoms in total. The van der Waals surface area contributed by atoms with E-state index in [1.807, 2.05) is 47.0 Å². The molecule has 0 spiro atoms. The molecule has 0 aliphatic rings. The zero-order valence-corrected chi connectivity index (χ0v) is 18.1. The van der Waals surface area contributed by atoms with Gasteiger partial charge in [0.15, 0.2) is 6.29 Å². The SMILES string of the molecule is CCCCc1nc(Br)c(C=O)n1Cc1ccc(-c2ccccc2C(=O)OC)cc1. The molecule has 0 unspecified atom stereocenters. The molecular weight excluding hydrogens is 432 g/mol. The summed E-state index contributed by atoms with van der Waals surface area (Å²) in [6.45, 7) is 2.69. The molecule has 0 aliphatic carbocycles. The molecule has 29 heavy (non-hydrogen) atoms. The van der Waals surface area contributed by atoms with Crippen LogP contribution in [0.25, 0.3) is 11.1 Å². The third-order valence-corrected chi connectivity index (χ3v) is 5.43. The van der Waals surface area contributed by atoms with Gasteiger partial charge in [0.25, 0.3) is 0 Å². The fourth-order valence-corrected chi connectivity index (χ4v) is 3.80. The van der Waals surface area contributed by atoms with Crippen LogP contribution < -0.4 is 0 Å². The first-order valence-electron chi connectivity index (χ1n) is 9.55. The maximum Gasteiger partial charge on any atom is 0.338 e. The molecule has 2 aromatic carbocycles. The summed E-state index contributed by atoms with van der Waals surface area (Å²) in [5, 5.41) is 0. The number of esters is 1. The number of aryl methyl sites for hydroxylation is 1. The van der Waals surface area contributed by atoms with Crippen LogP contribution in [-0.2, 0) is 17.7 Å². The summed E-state index contributed by atoms with van der Waals surface area (Å²) in [6.07, 6.45) is 3.75. The number of imidazole rings is 1. The number of hydrogen-bond donors (Lipinski definition) is 0. The van der Waals surface area contributed by atoms with Crippen LogP contribution in [0.1, 0.15) is 52.0 Å². The summed E-state index contributed by atoms with van der Waals surface area (Å²) in [6, 6.07) is 15.4. The number of aromatic nitrogens is 2. The van der Waals surface area contributed by atoms with Gasteiger partial charge in [0.2, 0.25) is 0 Å². The number of carbonyl (C=O) groups excluding carboxylic acids is 2. The molecule has 0 bridgehead atoms. The molecule has 3 rings (SSSR count). The van der Waals surface area contributed by atoms with Crippen LogP contribution in [-0.4, -0.2) is 28.9 Å². The van der Waals surface area contributed by atoms with Gasteiger partial charge in [0.05, 0.1) is 12.7 Å². The van der Waals surface area contributed by atoms with Crippen LogP contribution in [0.4, 0.5) is 0 Å². The minimum Gasteiger partial charge on any atom is -0.465 e. The summed E-state index contributed by atoms with van der Waals surface area (Å²) < 4.78 is 7.44. The summed E-state index contributed by atoms with van der Waals surface area (Å²) in [5.41, 5.74) is 3.90. The molecule has 0 saturated carbocycles. The number of hydrogen-bond acceptors (Lipinski definition) is 4. The molecule has 0 aliphatic heterocycles. The van der Waals surface area contributed by atoms with E-state index in [4.69, 9.17) is 4.74 Å².